The van der Waals surface area contributed by atoms with Crippen LogP contribution in [0.15, 0.2) is 24.3 Å². The van der Waals surface area contributed by atoms with E-state index in [-0.39, 0.29) is 11.6 Å². The van der Waals surface area contributed by atoms with Gasteiger partial charge in [0.25, 0.3) is 0 Å². The second kappa shape index (κ2) is 4.70. The van der Waals surface area contributed by atoms with Gasteiger partial charge in [0.15, 0.2) is 0 Å². The van der Waals surface area contributed by atoms with E-state index < -0.39 is 5.92 Å². The number of benzene rings is 1. The SMILES string of the molecule is CC(=O)C(Cc1cc[c]cc1)C(C)=O. The summed E-state index contributed by atoms with van der Waals surface area (Å²) in [5.74, 6) is -0.618. The molecule has 0 atom stereocenters. The van der Waals surface area contributed by atoms with Gasteiger partial charge in [-0.25, -0.2) is 0 Å². The third kappa shape index (κ3) is 2.80. The highest BCUT2D eigenvalue weighted by Gasteiger charge is 2.19. The van der Waals surface area contributed by atoms with Crippen molar-refractivity contribution in [3.8, 4) is 0 Å². The van der Waals surface area contributed by atoms with Crippen LogP contribution in [0.3, 0.4) is 0 Å². The Balaban J connectivity index is 2.75. The Morgan fingerprint density at radius 3 is 2.14 bits per heavy atom. The molecule has 0 amide bonds. The molecule has 0 unspecified atom stereocenters. The van der Waals surface area contributed by atoms with Crippen molar-refractivity contribution in [1.82, 2.24) is 0 Å². The molecule has 2 heteroatoms. The van der Waals surface area contributed by atoms with Gasteiger partial charge in [0.05, 0.1) is 5.92 Å². The Kier molecular flexibility index (Phi) is 3.57. The zero-order chi connectivity index (χ0) is 10.6. The molecular weight excluding hydrogens is 176 g/mol. The zero-order valence-corrected chi connectivity index (χ0v) is 8.41. The Morgan fingerprint density at radius 1 is 1.21 bits per heavy atom. The Labute approximate surface area is 83.9 Å². The third-order valence-corrected chi connectivity index (χ3v) is 2.21. The van der Waals surface area contributed by atoms with Gasteiger partial charge in [-0.15, -0.1) is 0 Å². The van der Waals surface area contributed by atoms with Crippen LogP contribution in [0.5, 0.6) is 0 Å². The highest BCUT2D eigenvalue weighted by molar-refractivity contribution is 6.00. The third-order valence-electron chi connectivity index (χ3n) is 2.21. The van der Waals surface area contributed by atoms with Gasteiger partial charge in [-0.1, -0.05) is 24.3 Å². The minimum atomic E-state index is -0.489. The lowest BCUT2D eigenvalue weighted by atomic mass is 9.93. The number of hydrogen-bond donors (Lipinski definition) is 0. The van der Waals surface area contributed by atoms with Crippen LogP contribution in [0.1, 0.15) is 19.4 Å². The number of Topliss-reactive ketones (excluding diaryl/α,β-unsaturated/α-hetero) is 2. The number of hydrogen-bond acceptors (Lipinski definition) is 2. The predicted octanol–water partition coefficient (Wildman–Crippen LogP) is 1.82. The van der Waals surface area contributed by atoms with Crippen LogP contribution in [0, 0.1) is 12.0 Å². The molecule has 1 aromatic carbocycles. The molecule has 0 N–H and O–H groups in total. The quantitative estimate of drug-likeness (QED) is 0.677. The lowest BCUT2D eigenvalue weighted by Crippen LogP contribution is -2.21. The van der Waals surface area contributed by atoms with Gasteiger partial charge in [0.2, 0.25) is 0 Å². The van der Waals surface area contributed by atoms with Crippen LogP contribution in [-0.2, 0) is 16.0 Å². The van der Waals surface area contributed by atoms with E-state index in [0.717, 1.165) is 5.56 Å². The van der Waals surface area contributed by atoms with Crippen molar-refractivity contribution >= 4 is 11.6 Å². The van der Waals surface area contributed by atoms with Gasteiger partial charge in [0, 0.05) is 0 Å². The molecule has 1 rings (SSSR count). The predicted molar refractivity (Wildman–Crippen MR) is 53.8 cm³/mol. The van der Waals surface area contributed by atoms with Crippen LogP contribution >= 0.6 is 0 Å². The topological polar surface area (TPSA) is 34.1 Å². The van der Waals surface area contributed by atoms with Crippen LogP contribution in [-0.4, -0.2) is 11.6 Å². The largest absolute Gasteiger partial charge is 0.299 e. The first-order valence-electron chi connectivity index (χ1n) is 4.57. The van der Waals surface area contributed by atoms with Crippen molar-refractivity contribution in [2.24, 2.45) is 5.92 Å². The van der Waals surface area contributed by atoms with Crippen molar-refractivity contribution in [2.75, 3.05) is 0 Å². The van der Waals surface area contributed by atoms with Crippen molar-refractivity contribution in [2.45, 2.75) is 20.3 Å². The summed E-state index contributed by atoms with van der Waals surface area (Å²) >= 11 is 0. The lowest BCUT2D eigenvalue weighted by Gasteiger charge is -2.09. The lowest BCUT2D eigenvalue weighted by molar-refractivity contribution is -0.130. The maximum Gasteiger partial charge on any atom is 0.140 e. The summed E-state index contributed by atoms with van der Waals surface area (Å²) < 4.78 is 0. The minimum Gasteiger partial charge on any atom is -0.299 e. The van der Waals surface area contributed by atoms with Gasteiger partial charge < -0.3 is 0 Å². The molecular formula is C12H13O2. The summed E-state index contributed by atoms with van der Waals surface area (Å²) in [5, 5.41) is 0. The highest BCUT2D eigenvalue weighted by Crippen LogP contribution is 2.10. The van der Waals surface area contributed by atoms with Crippen LogP contribution < -0.4 is 0 Å². The van der Waals surface area contributed by atoms with Crippen molar-refractivity contribution in [1.29, 1.82) is 0 Å². The van der Waals surface area contributed by atoms with Gasteiger partial charge in [-0.05, 0) is 31.9 Å². The van der Waals surface area contributed by atoms with Crippen molar-refractivity contribution in [3.63, 3.8) is 0 Å². The fraction of sp³-hybridized carbons (Fsp3) is 0.333. The molecule has 0 heterocycles. The zero-order valence-electron chi connectivity index (χ0n) is 8.41. The molecule has 0 aliphatic carbocycles. The average Bonchev–Trinajstić information content (AvgIpc) is 2.15. The van der Waals surface area contributed by atoms with E-state index in [9.17, 15) is 9.59 Å². The molecule has 14 heavy (non-hydrogen) atoms. The first-order chi connectivity index (χ1) is 6.61. The van der Waals surface area contributed by atoms with Crippen LogP contribution in [0.4, 0.5) is 0 Å². The normalized spacial score (nSPS) is 10.2. The number of ketones is 2. The van der Waals surface area contributed by atoms with E-state index in [1.165, 1.54) is 13.8 Å². The Hall–Kier alpha value is -1.44. The molecule has 0 saturated carbocycles. The van der Waals surface area contributed by atoms with Crippen LogP contribution in [0.25, 0.3) is 0 Å². The van der Waals surface area contributed by atoms with E-state index in [2.05, 4.69) is 6.07 Å². The Morgan fingerprint density at radius 2 is 1.71 bits per heavy atom. The molecule has 0 spiro atoms. The fourth-order valence-corrected chi connectivity index (χ4v) is 1.37. The fourth-order valence-electron chi connectivity index (χ4n) is 1.37. The molecule has 0 aliphatic heterocycles. The van der Waals surface area contributed by atoms with Crippen molar-refractivity contribution < 1.29 is 9.59 Å². The number of carbonyl (C=O) groups is 2. The molecule has 1 aromatic rings. The molecule has 0 bridgehead atoms. The van der Waals surface area contributed by atoms with Gasteiger partial charge >= 0.3 is 0 Å². The molecule has 0 aromatic heterocycles. The smallest absolute Gasteiger partial charge is 0.140 e. The summed E-state index contributed by atoms with van der Waals surface area (Å²) in [5.41, 5.74) is 0.999. The number of rotatable bonds is 4. The highest BCUT2D eigenvalue weighted by atomic mass is 16.1. The standard InChI is InChI=1S/C12H13O2/c1-9(13)12(10(2)14)8-11-6-4-3-5-7-11/h4-7,12H,8H2,1-2H3. The van der Waals surface area contributed by atoms with E-state index >= 15 is 0 Å². The van der Waals surface area contributed by atoms with E-state index in [4.69, 9.17) is 0 Å². The first kappa shape index (κ1) is 10.6. The monoisotopic (exact) mass is 189 g/mol. The molecule has 1 radical (unpaired) electrons. The second-order valence-corrected chi connectivity index (χ2v) is 3.39. The summed E-state index contributed by atoms with van der Waals surface area (Å²) in [6.45, 7) is 2.92. The summed E-state index contributed by atoms with van der Waals surface area (Å²) in [6.07, 6.45) is 0.499. The van der Waals surface area contributed by atoms with Gasteiger partial charge in [-0.2, -0.15) is 0 Å². The molecule has 2 nitrogen and oxygen atoms in total. The minimum absolute atomic E-state index is 0.0645. The first-order valence-corrected chi connectivity index (χ1v) is 4.57. The maximum absolute atomic E-state index is 11.2. The molecule has 0 aliphatic rings. The second-order valence-electron chi connectivity index (χ2n) is 3.39. The van der Waals surface area contributed by atoms with E-state index in [1.807, 2.05) is 12.1 Å². The summed E-state index contributed by atoms with van der Waals surface area (Å²) in [7, 11) is 0. The van der Waals surface area contributed by atoms with Crippen molar-refractivity contribution in [3.05, 3.63) is 35.9 Å². The van der Waals surface area contributed by atoms with E-state index in [1.54, 1.807) is 12.1 Å². The van der Waals surface area contributed by atoms with Crippen LogP contribution in [0.2, 0.25) is 0 Å². The Bertz CT molecular complexity index is 313. The van der Waals surface area contributed by atoms with Gasteiger partial charge in [-0.3, -0.25) is 9.59 Å². The van der Waals surface area contributed by atoms with Gasteiger partial charge in [0.1, 0.15) is 11.6 Å². The average molecular weight is 189 g/mol. The molecule has 0 fully saturated rings. The number of carbonyl (C=O) groups excluding carboxylic acids is 2. The van der Waals surface area contributed by atoms with E-state index in [0.29, 0.717) is 6.42 Å². The molecule has 0 saturated heterocycles. The maximum atomic E-state index is 11.2. The molecule has 73 valence electrons. The summed E-state index contributed by atoms with van der Waals surface area (Å²) in [6, 6.07) is 10.2. The summed E-state index contributed by atoms with van der Waals surface area (Å²) in [4.78, 5) is 22.3.